The molecule has 2 aromatic heterocycles. The largest absolute Gasteiger partial charge is 0.359 e. The van der Waals surface area contributed by atoms with E-state index in [2.05, 4.69) is 44.1 Å². The van der Waals surface area contributed by atoms with E-state index in [-0.39, 0.29) is 0 Å². The average Bonchev–Trinajstić information content (AvgIpc) is 2.86. The van der Waals surface area contributed by atoms with Crippen molar-refractivity contribution in [2.75, 3.05) is 12.9 Å². The van der Waals surface area contributed by atoms with Gasteiger partial charge >= 0.3 is 0 Å². The number of rotatable bonds is 7. The number of hydrogen-bond donors (Lipinski definition) is 0. The first-order chi connectivity index (χ1) is 10.5. The normalized spacial score (nSPS) is 11.4. The minimum absolute atomic E-state index is 0.359. The van der Waals surface area contributed by atoms with Crippen molar-refractivity contribution in [3.63, 3.8) is 0 Å². The van der Waals surface area contributed by atoms with E-state index in [1.54, 1.807) is 16.9 Å². The lowest BCUT2D eigenvalue weighted by molar-refractivity contribution is 0.0792. The minimum atomic E-state index is -0.596. The van der Waals surface area contributed by atoms with E-state index in [1.807, 2.05) is 6.26 Å². The summed E-state index contributed by atoms with van der Waals surface area (Å²) in [7, 11) is -0.596. The molecule has 0 radical (unpaired) electrons. The third-order valence-electron chi connectivity index (χ3n) is 2.91. The molecule has 9 heteroatoms. The fourth-order valence-electron chi connectivity index (χ4n) is 1.72. The van der Waals surface area contributed by atoms with Crippen molar-refractivity contribution < 1.29 is 4.74 Å². The van der Waals surface area contributed by atoms with Crippen molar-refractivity contribution in [1.82, 2.24) is 19.7 Å². The Labute approximate surface area is 149 Å². The van der Waals surface area contributed by atoms with Crippen LogP contribution in [-0.4, -0.2) is 41.4 Å². The van der Waals surface area contributed by atoms with E-state index in [0.29, 0.717) is 28.4 Å². The standard InChI is InChI=1S/C13H18BrClN4OSSi/c1-21-13-17-12(11-10(15)6-9(14)7-16-11)19(18-13)8-20-4-5-22(2)3/h6-7,22H,4-5,8H2,1-3H3. The number of hydrogen-bond acceptors (Lipinski definition) is 5. The summed E-state index contributed by atoms with van der Waals surface area (Å²) in [4.78, 5) is 8.84. The Morgan fingerprint density at radius 1 is 1.45 bits per heavy atom. The maximum Gasteiger partial charge on any atom is 0.208 e. The van der Waals surface area contributed by atoms with Crippen molar-refractivity contribution in [3.8, 4) is 11.5 Å². The van der Waals surface area contributed by atoms with Gasteiger partial charge in [-0.3, -0.25) is 4.98 Å². The summed E-state index contributed by atoms with van der Waals surface area (Å²) in [6.45, 7) is 5.72. The van der Waals surface area contributed by atoms with Crippen LogP contribution in [0.1, 0.15) is 0 Å². The highest BCUT2D eigenvalue weighted by atomic mass is 79.9. The molecule has 0 atom stereocenters. The molecule has 0 saturated heterocycles. The molecule has 2 rings (SSSR count). The second kappa shape index (κ2) is 8.44. The van der Waals surface area contributed by atoms with Crippen molar-refractivity contribution >= 4 is 48.1 Å². The third kappa shape index (κ3) is 4.79. The molecule has 22 heavy (non-hydrogen) atoms. The molecule has 0 fully saturated rings. The van der Waals surface area contributed by atoms with E-state index >= 15 is 0 Å². The van der Waals surface area contributed by atoms with Crippen LogP contribution < -0.4 is 0 Å². The van der Waals surface area contributed by atoms with Crippen molar-refractivity contribution in [1.29, 1.82) is 0 Å². The highest BCUT2D eigenvalue weighted by Gasteiger charge is 2.16. The van der Waals surface area contributed by atoms with E-state index in [9.17, 15) is 0 Å². The van der Waals surface area contributed by atoms with E-state index in [4.69, 9.17) is 16.3 Å². The zero-order valence-electron chi connectivity index (χ0n) is 12.7. The number of nitrogens with zero attached hydrogens (tertiary/aromatic N) is 4. The zero-order valence-corrected chi connectivity index (χ0v) is 17.0. The molecule has 5 nitrogen and oxygen atoms in total. The summed E-state index contributed by atoms with van der Waals surface area (Å²) in [5, 5.41) is 5.64. The van der Waals surface area contributed by atoms with Gasteiger partial charge in [0, 0.05) is 26.1 Å². The third-order valence-corrected chi connectivity index (χ3v) is 5.56. The lowest BCUT2D eigenvalue weighted by atomic mass is 10.3. The molecular weight excluding hydrogens is 404 g/mol. The summed E-state index contributed by atoms with van der Waals surface area (Å²) >= 11 is 11.1. The lowest BCUT2D eigenvalue weighted by Crippen LogP contribution is -2.11. The first kappa shape index (κ1) is 17.9. The average molecular weight is 422 g/mol. The van der Waals surface area contributed by atoms with Crippen LogP contribution in [-0.2, 0) is 11.5 Å². The molecule has 0 unspecified atom stereocenters. The Morgan fingerprint density at radius 3 is 2.86 bits per heavy atom. The highest BCUT2D eigenvalue weighted by Crippen LogP contribution is 2.28. The van der Waals surface area contributed by atoms with Gasteiger partial charge in [-0.2, -0.15) is 4.98 Å². The molecule has 120 valence electrons. The number of aromatic nitrogens is 4. The van der Waals surface area contributed by atoms with Gasteiger partial charge in [-0.05, 0) is 34.3 Å². The van der Waals surface area contributed by atoms with Gasteiger partial charge in [0.05, 0.1) is 5.02 Å². The van der Waals surface area contributed by atoms with Gasteiger partial charge in [0.1, 0.15) is 12.4 Å². The Hall–Kier alpha value is -0.413. The Bertz CT molecular complexity index is 640. The van der Waals surface area contributed by atoms with Crippen molar-refractivity contribution in [2.45, 2.75) is 31.0 Å². The second-order valence-electron chi connectivity index (χ2n) is 5.13. The molecule has 2 heterocycles. The first-order valence-corrected chi connectivity index (χ1v) is 12.4. The van der Waals surface area contributed by atoms with Crippen LogP contribution in [0.3, 0.4) is 0 Å². The van der Waals surface area contributed by atoms with E-state index in [1.165, 1.54) is 11.8 Å². The maximum atomic E-state index is 6.28. The Kier molecular flexibility index (Phi) is 6.88. The van der Waals surface area contributed by atoms with Crippen LogP contribution in [0.5, 0.6) is 0 Å². The fraction of sp³-hybridized carbons (Fsp3) is 0.462. The molecule has 0 aliphatic heterocycles. The number of ether oxygens (including phenoxy) is 1. The number of thioether (sulfide) groups is 1. The van der Waals surface area contributed by atoms with Gasteiger partial charge in [0.15, 0.2) is 5.82 Å². The van der Waals surface area contributed by atoms with Crippen molar-refractivity contribution in [3.05, 3.63) is 21.8 Å². The molecule has 0 bridgehead atoms. The molecule has 0 aromatic carbocycles. The Balaban J connectivity index is 2.21. The predicted molar refractivity (Wildman–Crippen MR) is 97.4 cm³/mol. The molecule has 0 N–H and O–H groups in total. The summed E-state index contributed by atoms with van der Waals surface area (Å²) in [5.41, 5.74) is 0.611. The Morgan fingerprint density at radius 2 is 2.23 bits per heavy atom. The minimum Gasteiger partial charge on any atom is -0.359 e. The lowest BCUT2D eigenvalue weighted by Gasteiger charge is -2.08. The smallest absolute Gasteiger partial charge is 0.208 e. The monoisotopic (exact) mass is 420 g/mol. The van der Waals surface area contributed by atoms with Gasteiger partial charge in [-0.15, -0.1) is 5.10 Å². The van der Waals surface area contributed by atoms with Crippen LogP contribution in [0, 0.1) is 0 Å². The first-order valence-electron chi connectivity index (χ1n) is 6.89. The van der Waals surface area contributed by atoms with E-state index in [0.717, 1.165) is 17.1 Å². The molecule has 0 saturated carbocycles. The van der Waals surface area contributed by atoms with Gasteiger partial charge in [0.25, 0.3) is 0 Å². The maximum absolute atomic E-state index is 6.28. The van der Waals surface area contributed by atoms with Crippen molar-refractivity contribution in [2.24, 2.45) is 0 Å². The van der Waals surface area contributed by atoms with Crippen LogP contribution >= 0.6 is 39.3 Å². The number of pyridine rings is 1. The van der Waals surface area contributed by atoms with Gasteiger partial charge < -0.3 is 4.74 Å². The molecule has 0 aliphatic rings. The van der Waals surface area contributed by atoms with Gasteiger partial charge in [0.2, 0.25) is 5.16 Å². The van der Waals surface area contributed by atoms with Gasteiger partial charge in [-0.1, -0.05) is 36.5 Å². The zero-order chi connectivity index (χ0) is 16.1. The van der Waals surface area contributed by atoms with Crippen LogP contribution in [0.25, 0.3) is 11.5 Å². The molecule has 0 spiro atoms. The SMILES string of the molecule is CSc1nc(-c2ncc(Br)cc2Cl)n(COCC[SiH](C)C)n1. The molecule has 0 aliphatic carbocycles. The quantitative estimate of drug-likeness (QED) is 0.385. The van der Waals surface area contributed by atoms with Gasteiger partial charge in [-0.25, -0.2) is 4.68 Å². The summed E-state index contributed by atoms with van der Waals surface area (Å²) in [5.74, 6) is 0.628. The molecular formula is C13H18BrClN4OSSi. The predicted octanol–water partition coefficient (Wildman–Crippen LogP) is 3.94. The van der Waals surface area contributed by atoms with Crippen LogP contribution in [0.2, 0.25) is 24.2 Å². The topological polar surface area (TPSA) is 52.8 Å². The summed E-state index contributed by atoms with van der Waals surface area (Å²) in [6.07, 6.45) is 3.63. The second-order valence-corrected chi connectivity index (χ2v) is 10.6. The number of halogens is 2. The summed E-state index contributed by atoms with van der Waals surface area (Å²) in [6, 6.07) is 2.95. The molecule has 0 amide bonds. The summed E-state index contributed by atoms with van der Waals surface area (Å²) < 4.78 is 8.27. The van der Waals surface area contributed by atoms with Crippen LogP contribution in [0.4, 0.5) is 0 Å². The van der Waals surface area contributed by atoms with E-state index < -0.39 is 8.80 Å². The van der Waals surface area contributed by atoms with Crippen LogP contribution in [0.15, 0.2) is 21.9 Å². The fourth-order valence-corrected chi connectivity index (χ4v) is 3.43. The highest BCUT2D eigenvalue weighted by molar-refractivity contribution is 9.10. The molecule has 2 aromatic rings.